The van der Waals surface area contributed by atoms with E-state index in [4.69, 9.17) is 33.3 Å². The van der Waals surface area contributed by atoms with Gasteiger partial charge in [0.1, 0.15) is 0 Å². The van der Waals surface area contributed by atoms with Crippen LogP contribution in [0.4, 0.5) is 0 Å². The lowest BCUT2D eigenvalue weighted by molar-refractivity contribution is 0.0942. The summed E-state index contributed by atoms with van der Waals surface area (Å²) in [7, 11) is 0. The van der Waals surface area contributed by atoms with Crippen molar-refractivity contribution in [3.8, 4) is 0 Å². The van der Waals surface area contributed by atoms with Crippen molar-refractivity contribution in [2.75, 3.05) is 6.54 Å². The van der Waals surface area contributed by atoms with Crippen molar-refractivity contribution in [2.24, 2.45) is 0 Å². The Morgan fingerprint density at radius 1 is 1.00 bits per heavy atom. The predicted molar refractivity (Wildman–Crippen MR) is 107 cm³/mol. The highest BCUT2D eigenvalue weighted by Crippen LogP contribution is 2.01. The molecule has 10 heteroatoms. The Hall–Kier alpha value is -2.72. The summed E-state index contributed by atoms with van der Waals surface area (Å²) in [6.45, 7) is 2.50. The molecular weight excluding hydrogens is 388 g/mol. The van der Waals surface area contributed by atoms with Gasteiger partial charge in [-0.15, -0.1) is 0 Å². The maximum absolute atomic E-state index is 11.9. The molecule has 0 aromatic carbocycles. The van der Waals surface area contributed by atoms with Crippen LogP contribution in [0.15, 0.2) is 45.6 Å². The molecule has 0 bridgehead atoms. The van der Waals surface area contributed by atoms with Gasteiger partial charge in [0.05, 0.1) is 12.5 Å². The average molecular weight is 409 g/mol. The Balaban J connectivity index is 1.68. The molecule has 0 unspecified atom stereocenters. The number of carbonyl (C=O) groups excluding carboxylic acids is 2. The Kier molecular flexibility index (Phi) is 7.96. The summed E-state index contributed by atoms with van der Waals surface area (Å²) in [6.07, 6.45) is 4.28. The Morgan fingerprint density at radius 2 is 1.56 bits per heavy atom. The first-order valence-corrected chi connectivity index (χ1v) is 9.09. The molecule has 8 nitrogen and oxygen atoms in total. The fraction of sp³-hybridized carbons (Fsp3) is 0.294. The molecule has 0 radical (unpaired) electrons. The quantitative estimate of drug-likeness (QED) is 0.515. The molecule has 0 saturated heterocycles. The van der Waals surface area contributed by atoms with E-state index in [2.05, 4.69) is 21.3 Å². The van der Waals surface area contributed by atoms with Gasteiger partial charge < -0.3 is 19.5 Å². The van der Waals surface area contributed by atoms with Crippen molar-refractivity contribution < 1.29 is 18.4 Å². The highest BCUT2D eigenvalue weighted by Gasteiger charge is 2.14. The van der Waals surface area contributed by atoms with E-state index in [0.29, 0.717) is 13.0 Å². The lowest BCUT2D eigenvalue weighted by Gasteiger charge is -2.19. The van der Waals surface area contributed by atoms with E-state index in [1.807, 2.05) is 6.92 Å². The Labute approximate surface area is 167 Å². The molecule has 1 atom stereocenters. The minimum Gasteiger partial charge on any atom is -0.459 e. The maximum atomic E-state index is 11.9. The standard InChI is InChI=1S/C17H20N4O4S2/c1-2-11(19-17(27)21-15(23)13-6-4-10-25-13)7-8-18-16(26)20-14(22)12-5-3-9-24-12/h3-6,9-11H,2,7-8H2,1H3,(H2,18,20,22,26)(H2,19,21,23,27)/t11-/m1/s1. The van der Waals surface area contributed by atoms with Gasteiger partial charge in [-0.25, -0.2) is 0 Å². The first-order chi connectivity index (χ1) is 13.0. The summed E-state index contributed by atoms with van der Waals surface area (Å²) in [4.78, 5) is 23.7. The van der Waals surface area contributed by atoms with Crippen molar-refractivity contribution in [3.63, 3.8) is 0 Å². The van der Waals surface area contributed by atoms with E-state index in [1.165, 1.54) is 12.5 Å². The van der Waals surface area contributed by atoms with Gasteiger partial charge in [-0.05, 0) is 61.5 Å². The molecule has 144 valence electrons. The molecule has 2 aromatic heterocycles. The largest absolute Gasteiger partial charge is 0.459 e. The number of carbonyl (C=O) groups is 2. The van der Waals surface area contributed by atoms with E-state index < -0.39 is 11.8 Å². The number of nitrogens with one attached hydrogen (secondary N) is 4. The van der Waals surface area contributed by atoms with Crippen LogP contribution in [0.5, 0.6) is 0 Å². The second-order valence-electron chi connectivity index (χ2n) is 5.49. The number of thiocarbonyl (C=S) groups is 2. The molecular formula is C17H20N4O4S2. The van der Waals surface area contributed by atoms with Gasteiger partial charge in [0.15, 0.2) is 21.7 Å². The van der Waals surface area contributed by atoms with E-state index in [9.17, 15) is 9.59 Å². The number of furan rings is 2. The normalized spacial score (nSPS) is 11.3. The number of amides is 2. The van der Waals surface area contributed by atoms with Crippen LogP contribution in [0.3, 0.4) is 0 Å². The van der Waals surface area contributed by atoms with Gasteiger partial charge in [0.2, 0.25) is 0 Å². The minimum atomic E-state index is -0.413. The smallest absolute Gasteiger partial charge is 0.293 e. The molecule has 2 rings (SSSR count). The van der Waals surface area contributed by atoms with E-state index in [0.717, 1.165) is 6.42 Å². The SMILES string of the molecule is CC[C@H](CCNC(=S)NC(=O)c1ccco1)NC(=S)NC(=O)c1ccco1. The van der Waals surface area contributed by atoms with Crippen molar-refractivity contribution in [2.45, 2.75) is 25.8 Å². The molecule has 0 aliphatic heterocycles. The van der Waals surface area contributed by atoms with Crippen LogP contribution in [-0.2, 0) is 0 Å². The zero-order chi connectivity index (χ0) is 19.6. The molecule has 2 amide bonds. The third-order valence-electron chi connectivity index (χ3n) is 3.55. The average Bonchev–Trinajstić information content (AvgIpc) is 3.34. The van der Waals surface area contributed by atoms with Crippen molar-refractivity contribution in [1.29, 1.82) is 0 Å². The van der Waals surface area contributed by atoms with Crippen LogP contribution in [0.25, 0.3) is 0 Å². The van der Waals surface area contributed by atoms with Crippen LogP contribution < -0.4 is 21.3 Å². The fourth-order valence-electron chi connectivity index (χ4n) is 2.15. The van der Waals surface area contributed by atoms with Gasteiger partial charge in [-0.2, -0.15) is 0 Å². The lowest BCUT2D eigenvalue weighted by Crippen LogP contribution is -2.46. The van der Waals surface area contributed by atoms with Crippen molar-refractivity contribution in [1.82, 2.24) is 21.3 Å². The number of rotatable bonds is 7. The first-order valence-electron chi connectivity index (χ1n) is 8.27. The summed E-state index contributed by atoms with van der Waals surface area (Å²) in [5, 5.41) is 11.5. The third kappa shape index (κ3) is 6.83. The van der Waals surface area contributed by atoms with Crippen LogP contribution in [-0.4, -0.2) is 34.6 Å². The second-order valence-corrected chi connectivity index (χ2v) is 6.30. The van der Waals surface area contributed by atoms with E-state index in [-0.39, 0.29) is 27.8 Å². The minimum absolute atomic E-state index is 0.0190. The Morgan fingerprint density at radius 3 is 2.04 bits per heavy atom. The fourth-order valence-corrected chi connectivity index (χ4v) is 2.60. The molecule has 0 aliphatic carbocycles. The summed E-state index contributed by atoms with van der Waals surface area (Å²) in [6, 6.07) is 6.37. The number of hydrogen-bond acceptors (Lipinski definition) is 6. The molecule has 0 aliphatic rings. The Bertz CT molecular complexity index is 775. The lowest BCUT2D eigenvalue weighted by atomic mass is 10.1. The van der Waals surface area contributed by atoms with Gasteiger partial charge >= 0.3 is 0 Å². The highest BCUT2D eigenvalue weighted by molar-refractivity contribution is 7.80. The number of hydrogen-bond donors (Lipinski definition) is 4. The van der Waals surface area contributed by atoms with Gasteiger partial charge in [0.25, 0.3) is 11.8 Å². The molecule has 2 aromatic rings. The van der Waals surface area contributed by atoms with Crippen molar-refractivity contribution in [3.05, 3.63) is 48.3 Å². The topological polar surface area (TPSA) is 109 Å². The van der Waals surface area contributed by atoms with Gasteiger partial charge in [-0.3, -0.25) is 20.2 Å². The first kappa shape index (κ1) is 20.6. The summed E-state index contributed by atoms with van der Waals surface area (Å²) in [5.41, 5.74) is 0. The van der Waals surface area contributed by atoms with E-state index >= 15 is 0 Å². The zero-order valence-corrected chi connectivity index (χ0v) is 16.2. The van der Waals surface area contributed by atoms with Crippen LogP contribution >= 0.6 is 24.4 Å². The molecule has 27 heavy (non-hydrogen) atoms. The monoisotopic (exact) mass is 408 g/mol. The summed E-state index contributed by atoms with van der Waals surface area (Å²) < 4.78 is 10.0. The van der Waals surface area contributed by atoms with Crippen LogP contribution in [0.2, 0.25) is 0 Å². The summed E-state index contributed by atoms with van der Waals surface area (Å²) >= 11 is 10.2. The summed E-state index contributed by atoms with van der Waals surface area (Å²) in [5.74, 6) is -0.451. The molecule has 0 saturated carbocycles. The van der Waals surface area contributed by atoms with E-state index in [1.54, 1.807) is 24.3 Å². The highest BCUT2D eigenvalue weighted by atomic mass is 32.1. The maximum Gasteiger partial charge on any atom is 0.293 e. The van der Waals surface area contributed by atoms with Gasteiger partial charge in [0, 0.05) is 12.6 Å². The predicted octanol–water partition coefficient (Wildman–Crippen LogP) is 1.95. The molecule has 0 fully saturated rings. The van der Waals surface area contributed by atoms with Crippen LogP contribution in [0.1, 0.15) is 40.9 Å². The van der Waals surface area contributed by atoms with Crippen LogP contribution in [0, 0.1) is 0 Å². The molecule has 4 N–H and O–H groups in total. The molecule has 2 heterocycles. The molecule has 0 spiro atoms. The second kappa shape index (κ2) is 10.4. The zero-order valence-electron chi connectivity index (χ0n) is 14.6. The third-order valence-corrected chi connectivity index (χ3v) is 4.02. The van der Waals surface area contributed by atoms with Crippen molar-refractivity contribution >= 4 is 46.5 Å². The van der Waals surface area contributed by atoms with Gasteiger partial charge in [-0.1, -0.05) is 6.92 Å².